The molecule has 2 rings (SSSR count). The minimum Gasteiger partial charge on any atom is -0.490 e. The fourth-order valence-electron chi connectivity index (χ4n) is 2.14. The summed E-state index contributed by atoms with van der Waals surface area (Å²) in [4.78, 5) is 10.6. The standard InChI is InChI=1S/C16H18N2O3/c1-12-5-3-4-6-14(12)11-17-10-13-7-8-16(21-2)15(9-13)18(19)20/h3-9,17H,10-11H2,1-2H3. The summed E-state index contributed by atoms with van der Waals surface area (Å²) in [7, 11) is 1.43. The number of nitro groups is 1. The molecule has 0 amide bonds. The Morgan fingerprint density at radius 2 is 1.95 bits per heavy atom. The van der Waals surface area contributed by atoms with E-state index in [4.69, 9.17) is 4.74 Å². The van der Waals surface area contributed by atoms with Gasteiger partial charge in [-0.15, -0.1) is 0 Å². The summed E-state index contributed by atoms with van der Waals surface area (Å²) in [6.07, 6.45) is 0. The molecule has 0 aliphatic carbocycles. The predicted molar refractivity (Wildman–Crippen MR) is 81.4 cm³/mol. The van der Waals surface area contributed by atoms with E-state index in [1.165, 1.54) is 18.2 Å². The molecule has 2 aromatic carbocycles. The number of ether oxygens (including phenoxy) is 1. The molecular weight excluding hydrogens is 268 g/mol. The fourth-order valence-corrected chi connectivity index (χ4v) is 2.14. The summed E-state index contributed by atoms with van der Waals surface area (Å²) in [5, 5.41) is 14.3. The number of rotatable bonds is 6. The van der Waals surface area contributed by atoms with Crippen LogP contribution in [-0.2, 0) is 13.1 Å². The normalized spacial score (nSPS) is 10.4. The van der Waals surface area contributed by atoms with Gasteiger partial charge in [-0.1, -0.05) is 30.3 Å². The summed E-state index contributed by atoms with van der Waals surface area (Å²) in [5.74, 6) is 0.280. The fraction of sp³-hybridized carbons (Fsp3) is 0.250. The Bertz CT molecular complexity index is 641. The minimum absolute atomic E-state index is 0.00677. The van der Waals surface area contributed by atoms with Crippen LogP contribution in [0.25, 0.3) is 0 Å². The highest BCUT2D eigenvalue weighted by atomic mass is 16.6. The van der Waals surface area contributed by atoms with E-state index in [9.17, 15) is 10.1 Å². The molecule has 0 fully saturated rings. The molecule has 0 aliphatic heterocycles. The summed E-state index contributed by atoms with van der Waals surface area (Å²) >= 11 is 0. The van der Waals surface area contributed by atoms with Crippen LogP contribution in [0.4, 0.5) is 5.69 Å². The van der Waals surface area contributed by atoms with Crippen LogP contribution in [0.1, 0.15) is 16.7 Å². The van der Waals surface area contributed by atoms with Crippen molar-refractivity contribution in [1.29, 1.82) is 0 Å². The lowest BCUT2D eigenvalue weighted by Crippen LogP contribution is -2.13. The molecule has 0 atom stereocenters. The van der Waals surface area contributed by atoms with E-state index in [-0.39, 0.29) is 11.4 Å². The number of aryl methyl sites for hydroxylation is 1. The number of hydrogen-bond acceptors (Lipinski definition) is 4. The van der Waals surface area contributed by atoms with Crippen molar-refractivity contribution in [3.05, 3.63) is 69.3 Å². The van der Waals surface area contributed by atoms with Crippen molar-refractivity contribution >= 4 is 5.69 Å². The molecule has 0 saturated carbocycles. The highest BCUT2D eigenvalue weighted by Crippen LogP contribution is 2.27. The smallest absolute Gasteiger partial charge is 0.311 e. The first-order valence-corrected chi connectivity index (χ1v) is 6.68. The first-order chi connectivity index (χ1) is 10.1. The number of nitro benzene ring substituents is 1. The molecule has 0 radical (unpaired) electrons. The monoisotopic (exact) mass is 286 g/mol. The molecular formula is C16H18N2O3. The van der Waals surface area contributed by atoms with E-state index in [1.54, 1.807) is 12.1 Å². The summed E-state index contributed by atoms with van der Waals surface area (Å²) in [6, 6.07) is 13.1. The third-order valence-electron chi connectivity index (χ3n) is 3.35. The van der Waals surface area contributed by atoms with Gasteiger partial charge in [0, 0.05) is 19.2 Å². The lowest BCUT2D eigenvalue weighted by atomic mass is 10.1. The van der Waals surface area contributed by atoms with E-state index < -0.39 is 4.92 Å². The van der Waals surface area contributed by atoms with Gasteiger partial charge in [0.15, 0.2) is 5.75 Å². The van der Waals surface area contributed by atoms with E-state index in [0.717, 1.165) is 12.1 Å². The molecule has 0 saturated heterocycles. The molecule has 0 aromatic heterocycles. The molecule has 0 spiro atoms. The Morgan fingerprint density at radius 3 is 2.62 bits per heavy atom. The van der Waals surface area contributed by atoms with Gasteiger partial charge in [-0.2, -0.15) is 0 Å². The third-order valence-corrected chi connectivity index (χ3v) is 3.35. The predicted octanol–water partition coefficient (Wildman–Crippen LogP) is 3.20. The quantitative estimate of drug-likeness (QED) is 0.654. The van der Waals surface area contributed by atoms with Gasteiger partial charge in [-0.05, 0) is 29.7 Å². The third kappa shape index (κ3) is 3.79. The zero-order valence-electron chi connectivity index (χ0n) is 12.1. The largest absolute Gasteiger partial charge is 0.490 e. The van der Waals surface area contributed by atoms with Crippen LogP contribution in [0.2, 0.25) is 0 Å². The lowest BCUT2D eigenvalue weighted by molar-refractivity contribution is -0.385. The molecule has 21 heavy (non-hydrogen) atoms. The van der Waals surface area contributed by atoms with Crippen LogP contribution in [0.15, 0.2) is 42.5 Å². The van der Waals surface area contributed by atoms with Crippen LogP contribution in [0.5, 0.6) is 5.75 Å². The van der Waals surface area contributed by atoms with Crippen molar-refractivity contribution in [1.82, 2.24) is 5.32 Å². The van der Waals surface area contributed by atoms with Crippen LogP contribution in [0, 0.1) is 17.0 Å². The van der Waals surface area contributed by atoms with Gasteiger partial charge in [0.05, 0.1) is 12.0 Å². The minimum atomic E-state index is -0.427. The Morgan fingerprint density at radius 1 is 1.19 bits per heavy atom. The second-order valence-electron chi connectivity index (χ2n) is 4.79. The highest BCUT2D eigenvalue weighted by molar-refractivity contribution is 5.48. The van der Waals surface area contributed by atoms with Gasteiger partial charge in [0.25, 0.3) is 0 Å². The van der Waals surface area contributed by atoms with Crippen molar-refractivity contribution < 1.29 is 9.66 Å². The van der Waals surface area contributed by atoms with Crippen molar-refractivity contribution in [3.63, 3.8) is 0 Å². The van der Waals surface area contributed by atoms with Gasteiger partial charge in [-0.25, -0.2) is 0 Å². The van der Waals surface area contributed by atoms with Gasteiger partial charge < -0.3 is 10.1 Å². The Labute approximate surface area is 123 Å². The number of benzene rings is 2. The molecule has 5 heteroatoms. The summed E-state index contributed by atoms with van der Waals surface area (Å²) < 4.78 is 4.99. The van der Waals surface area contributed by atoms with Gasteiger partial charge in [-0.3, -0.25) is 10.1 Å². The van der Waals surface area contributed by atoms with E-state index >= 15 is 0 Å². The number of nitrogens with one attached hydrogen (secondary N) is 1. The Kier molecular flexibility index (Phi) is 4.90. The van der Waals surface area contributed by atoms with Crippen LogP contribution in [0.3, 0.4) is 0 Å². The first-order valence-electron chi connectivity index (χ1n) is 6.68. The summed E-state index contributed by atoms with van der Waals surface area (Å²) in [6.45, 7) is 3.36. The van der Waals surface area contributed by atoms with Crippen molar-refractivity contribution in [2.45, 2.75) is 20.0 Å². The van der Waals surface area contributed by atoms with E-state index in [2.05, 4.69) is 24.4 Å². The molecule has 0 heterocycles. The van der Waals surface area contributed by atoms with Crippen LogP contribution in [-0.4, -0.2) is 12.0 Å². The Balaban J connectivity index is 2.02. The van der Waals surface area contributed by atoms with Crippen LogP contribution >= 0.6 is 0 Å². The lowest BCUT2D eigenvalue weighted by Gasteiger charge is -2.08. The maximum Gasteiger partial charge on any atom is 0.311 e. The maximum atomic E-state index is 11.0. The van der Waals surface area contributed by atoms with Gasteiger partial charge in [0.2, 0.25) is 0 Å². The number of nitrogens with zero attached hydrogens (tertiary/aromatic N) is 1. The number of methoxy groups -OCH3 is 1. The molecule has 0 aliphatic rings. The molecule has 0 bridgehead atoms. The topological polar surface area (TPSA) is 64.4 Å². The van der Waals surface area contributed by atoms with Gasteiger partial charge in [0.1, 0.15) is 0 Å². The zero-order valence-corrected chi connectivity index (χ0v) is 12.1. The van der Waals surface area contributed by atoms with Crippen molar-refractivity contribution in [2.24, 2.45) is 0 Å². The number of hydrogen-bond donors (Lipinski definition) is 1. The highest BCUT2D eigenvalue weighted by Gasteiger charge is 2.14. The van der Waals surface area contributed by atoms with Gasteiger partial charge >= 0.3 is 5.69 Å². The average Bonchev–Trinajstić information content (AvgIpc) is 2.49. The van der Waals surface area contributed by atoms with Crippen LogP contribution < -0.4 is 10.1 Å². The molecule has 110 valence electrons. The molecule has 0 unspecified atom stereocenters. The molecule has 2 aromatic rings. The zero-order chi connectivity index (χ0) is 15.2. The second-order valence-corrected chi connectivity index (χ2v) is 4.79. The van der Waals surface area contributed by atoms with Crippen molar-refractivity contribution in [2.75, 3.05) is 7.11 Å². The van der Waals surface area contributed by atoms with E-state index in [0.29, 0.717) is 6.54 Å². The summed E-state index contributed by atoms with van der Waals surface area (Å²) in [5.41, 5.74) is 3.30. The van der Waals surface area contributed by atoms with Crippen molar-refractivity contribution in [3.8, 4) is 5.75 Å². The van der Waals surface area contributed by atoms with E-state index in [1.807, 2.05) is 18.2 Å². The molecule has 5 nitrogen and oxygen atoms in total. The first kappa shape index (κ1) is 15.0. The SMILES string of the molecule is COc1ccc(CNCc2ccccc2C)cc1[N+](=O)[O-]. The molecule has 1 N–H and O–H groups in total. The maximum absolute atomic E-state index is 11.0. The second kappa shape index (κ2) is 6.85. The average molecular weight is 286 g/mol. The Hall–Kier alpha value is -2.40.